The number of hydrogen-bond donors (Lipinski definition) is 1. The predicted octanol–water partition coefficient (Wildman–Crippen LogP) is 3.19. The molecule has 3 nitrogen and oxygen atoms in total. The highest BCUT2D eigenvalue weighted by Gasteiger charge is 2.30. The molecule has 1 saturated carbocycles. The fourth-order valence-corrected chi connectivity index (χ4v) is 2.79. The van der Waals surface area contributed by atoms with E-state index in [1.54, 1.807) is 0 Å². The van der Waals surface area contributed by atoms with Crippen LogP contribution in [0.25, 0.3) is 10.9 Å². The average Bonchev–Trinajstić information content (AvgIpc) is 2.84. The van der Waals surface area contributed by atoms with Crippen molar-refractivity contribution in [2.24, 2.45) is 5.73 Å². The maximum Gasteiger partial charge on any atom is 0.216 e. The monoisotopic (exact) mass is 256 g/mol. The third kappa shape index (κ3) is 2.56. The molecule has 0 bridgehead atoms. The molecule has 1 aliphatic rings. The molecule has 3 rings (SSSR count). The van der Waals surface area contributed by atoms with Gasteiger partial charge in [-0.2, -0.15) is 0 Å². The van der Waals surface area contributed by atoms with Crippen LogP contribution in [0.15, 0.2) is 30.3 Å². The number of hydrogen-bond acceptors (Lipinski definition) is 3. The molecule has 1 aromatic heterocycles. The van der Waals surface area contributed by atoms with Crippen LogP contribution in [-0.4, -0.2) is 17.1 Å². The Balaban J connectivity index is 1.82. The minimum absolute atomic E-state index is 0.153. The lowest BCUT2D eigenvalue weighted by molar-refractivity contribution is 0.213. The highest BCUT2D eigenvalue weighted by atomic mass is 16.5. The number of pyridine rings is 1. The highest BCUT2D eigenvalue weighted by molar-refractivity contribution is 5.79. The zero-order valence-corrected chi connectivity index (χ0v) is 11.4. The summed E-state index contributed by atoms with van der Waals surface area (Å²) < 4.78 is 5.90. The summed E-state index contributed by atoms with van der Waals surface area (Å²) in [5, 5.41) is 1.15. The maximum absolute atomic E-state index is 6.32. The number of nitrogens with zero attached hydrogens (tertiary/aromatic N) is 1. The standard InChI is InChI=1S/C16H20N2O/c1-12-10-13-6-2-3-7-14(13)18-15(12)19-11-16(17)8-4-5-9-16/h2-3,6-7,10H,4-5,8-9,11,17H2,1H3. The Labute approximate surface area is 113 Å². The van der Waals surface area contributed by atoms with Gasteiger partial charge in [0.05, 0.1) is 11.1 Å². The Morgan fingerprint density at radius 3 is 2.79 bits per heavy atom. The van der Waals surface area contributed by atoms with Gasteiger partial charge in [0.2, 0.25) is 5.88 Å². The summed E-state index contributed by atoms with van der Waals surface area (Å²) in [6.07, 6.45) is 4.53. The van der Waals surface area contributed by atoms with Crippen molar-refractivity contribution >= 4 is 10.9 Å². The lowest BCUT2D eigenvalue weighted by Gasteiger charge is -2.23. The number of para-hydroxylation sites is 1. The van der Waals surface area contributed by atoms with Gasteiger partial charge >= 0.3 is 0 Å². The average molecular weight is 256 g/mol. The Morgan fingerprint density at radius 1 is 1.26 bits per heavy atom. The number of rotatable bonds is 3. The van der Waals surface area contributed by atoms with Gasteiger partial charge in [-0.15, -0.1) is 0 Å². The van der Waals surface area contributed by atoms with Crippen LogP contribution in [0.1, 0.15) is 31.2 Å². The second kappa shape index (κ2) is 4.82. The molecule has 0 amide bonds. The third-order valence-electron chi connectivity index (χ3n) is 3.96. The molecule has 3 heteroatoms. The lowest BCUT2D eigenvalue weighted by atomic mass is 10.0. The summed E-state index contributed by atoms with van der Waals surface area (Å²) in [4.78, 5) is 4.59. The fourth-order valence-electron chi connectivity index (χ4n) is 2.79. The lowest BCUT2D eigenvalue weighted by Crippen LogP contribution is -2.42. The van der Waals surface area contributed by atoms with Gasteiger partial charge < -0.3 is 10.5 Å². The Hall–Kier alpha value is -1.61. The van der Waals surface area contributed by atoms with E-state index in [4.69, 9.17) is 10.5 Å². The van der Waals surface area contributed by atoms with Crippen LogP contribution >= 0.6 is 0 Å². The van der Waals surface area contributed by atoms with Crippen molar-refractivity contribution in [3.63, 3.8) is 0 Å². The van der Waals surface area contributed by atoms with E-state index in [2.05, 4.69) is 17.1 Å². The first-order chi connectivity index (χ1) is 9.16. The largest absolute Gasteiger partial charge is 0.476 e. The van der Waals surface area contributed by atoms with Gasteiger partial charge in [-0.3, -0.25) is 0 Å². The normalized spacial score (nSPS) is 17.8. The molecule has 0 aliphatic heterocycles. The van der Waals surface area contributed by atoms with E-state index in [0.717, 1.165) is 35.2 Å². The predicted molar refractivity (Wildman–Crippen MR) is 77.4 cm³/mol. The quantitative estimate of drug-likeness (QED) is 0.917. The van der Waals surface area contributed by atoms with E-state index in [0.29, 0.717) is 6.61 Å². The second-order valence-electron chi connectivity index (χ2n) is 5.66. The fraction of sp³-hybridized carbons (Fsp3) is 0.438. The SMILES string of the molecule is Cc1cc2ccccc2nc1OCC1(N)CCCC1. The Kier molecular flexibility index (Phi) is 3.15. The molecule has 1 heterocycles. The van der Waals surface area contributed by atoms with Crippen LogP contribution in [0, 0.1) is 6.92 Å². The molecule has 0 spiro atoms. The van der Waals surface area contributed by atoms with E-state index in [1.807, 2.05) is 25.1 Å². The van der Waals surface area contributed by atoms with Crippen molar-refractivity contribution in [2.75, 3.05) is 6.61 Å². The molecular formula is C16H20N2O. The van der Waals surface area contributed by atoms with Crippen molar-refractivity contribution < 1.29 is 4.74 Å². The molecule has 1 fully saturated rings. The number of fused-ring (bicyclic) bond motifs is 1. The number of ether oxygens (including phenoxy) is 1. The van der Waals surface area contributed by atoms with Crippen LogP contribution in [0.2, 0.25) is 0 Å². The maximum atomic E-state index is 6.32. The Bertz CT molecular complexity index is 588. The number of aryl methyl sites for hydroxylation is 1. The number of benzene rings is 1. The van der Waals surface area contributed by atoms with Gasteiger partial charge in [0.1, 0.15) is 6.61 Å². The molecule has 0 saturated heterocycles. The highest BCUT2D eigenvalue weighted by Crippen LogP contribution is 2.29. The van der Waals surface area contributed by atoms with E-state index < -0.39 is 0 Å². The van der Waals surface area contributed by atoms with E-state index in [1.165, 1.54) is 12.8 Å². The molecule has 2 N–H and O–H groups in total. The zero-order chi connectivity index (χ0) is 13.3. The molecule has 0 atom stereocenters. The summed E-state index contributed by atoms with van der Waals surface area (Å²) in [6.45, 7) is 2.60. The second-order valence-corrected chi connectivity index (χ2v) is 5.66. The third-order valence-corrected chi connectivity index (χ3v) is 3.96. The van der Waals surface area contributed by atoms with Crippen molar-refractivity contribution in [3.05, 3.63) is 35.9 Å². The minimum atomic E-state index is -0.153. The van der Waals surface area contributed by atoms with E-state index in [-0.39, 0.29) is 5.54 Å². The van der Waals surface area contributed by atoms with Crippen molar-refractivity contribution in [3.8, 4) is 5.88 Å². The molecule has 0 unspecified atom stereocenters. The topological polar surface area (TPSA) is 48.1 Å². The van der Waals surface area contributed by atoms with Crippen molar-refractivity contribution in [1.82, 2.24) is 4.98 Å². The van der Waals surface area contributed by atoms with Crippen LogP contribution in [0.5, 0.6) is 5.88 Å². The van der Waals surface area contributed by atoms with Crippen molar-refractivity contribution in [2.45, 2.75) is 38.1 Å². The minimum Gasteiger partial charge on any atom is -0.476 e. The van der Waals surface area contributed by atoms with Gasteiger partial charge in [0.15, 0.2) is 0 Å². The summed E-state index contributed by atoms with van der Waals surface area (Å²) in [5.74, 6) is 0.718. The summed E-state index contributed by atoms with van der Waals surface area (Å²) in [7, 11) is 0. The van der Waals surface area contributed by atoms with Crippen LogP contribution in [0.4, 0.5) is 0 Å². The van der Waals surface area contributed by atoms with Gasteiger partial charge in [-0.05, 0) is 31.9 Å². The van der Waals surface area contributed by atoms with Gasteiger partial charge in [0, 0.05) is 10.9 Å². The molecular weight excluding hydrogens is 236 g/mol. The molecule has 19 heavy (non-hydrogen) atoms. The smallest absolute Gasteiger partial charge is 0.216 e. The number of nitrogens with two attached hydrogens (primary N) is 1. The zero-order valence-electron chi connectivity index (χ0n) is 11.4. The van der Waals surface area contributed by atoms with E-state index >= 15 is 0 Å². The van der Waals surface area contributed by atoms with Crippen LogP contribution in [0.3, 0.4) is 0 Å². The summed E-state index contributed by atoms with van der Waals surface area (Å²) in [5.41, 5.74) is 8.21. The number of aromatic nitrogens is 1. The summed E-state index contributed by atoms with van der Waals surface area (Å²) in [6, 6.07) is 10.2. The first-order valence-electron chi connectivity index (χ1n) is 6.94. The first-order valence-corrected chi connectivity index (χ1v) is 6.94. The molecule has 2 aromatic rings. The first kappa shape index (κ1) is 12.4. The van der Waals surface area contributed by atoms with E-state index in [9.17, 15) is 0 Å². The molecule has 1 aromatic carbocycles. The van der Waals surface area contributed by atoms with Crippen LogP contribution in [-0.2, 0) is 0 Å². The van der Waals surface area contributed by atoms with Crippen LogP contribution < -0.4 is 10.5 Å². The molecule has 100 valence electrons. The summed E-state index contributed by atoms with van der Waals surface area (Å²) >= 11 is 0. The molecule has 1 aliphatic carbocycles. The van der Waals surface area contributed by atoms with Gasteiger partial charge in [-0.25, -0.2) is 4.98 Å². The van der Waals surface area contributed by atoms with Gasteiger partial charge in [0.25, 0.3) is 0 Å². The van der Waals surface area contributed by atoms with Gasteiger partial charge in [-0.1, -0.05) is 31.0 Å². The Morgan fingerprint density at radius 2 is 2.00 bits per heavy atom. The molecule has 0 radical (unpaired) electrons. The van der Waals surface area contributed by atoms with Crippen molar-refractivity contribution in [1.29, 1.82) is 0 Å².